The van der Waals surface area contributed by atoms with Gasteiger partial charge in [0.15, 0.2) is 0 Å². The second-order valence-electron chi connectivity index (χ2n) is 3.59. The summed E-state index contributed by atoms with van der Waals surface area (Å²) in [6.45, 7) is 3.51. The predicted molar refractivity (Wildman–Crippen MR) is 50.4 cm³/mol. The highest BCUT2D eigenvalue weighted by Crippen LogP contribution is 2.23. The molecule has 0 bridgehead atoms. The molecule has 1 fully saturated rings. The zero-order valence-corrected chi connectivity index (χ0v) is 8.32. The van der Waals surface area contributed by atoms with Crippen LogP contribution in [0.25, 0.3) is 0 Å². The number of carbonyl (C=O) groups excluding carboxylic acids is 1. The van der Waals surface area contributed by atoms with Crippen molar-refractivity contribution >= 4 is 6.09 Å². The Labute approximate surface area is 79.0 Å². The van der Waals surface area contributed by atoms with E-state index in [9.17, 15) is 4.79 Å². The third-order valence-electron chi connectivity index (χ3n) is 2.74. The van der Waals surface area contributed by atoms with Gasteiger partial charge in [0.2, 0.25) is 0 Å². The van der Waals surface area contributed by atoms with Crippen molar-refractivity contribution in [2.75, 3.05) is 20.2 Å². The zero-order valence-electron chi connectivity index (χ0n) is 8.32. The van der Waals surface area contributed by atoms with E-state index in [0.29, 0.717) is 12.5 Å². The molecular formula is C9H18N2O2. The molecule has 2 N–H and O–H groups in total. The Morgan fingerprint density at radius 1 is 1.77 bits per heavy atom. The second-order valence-corrected chi connectivity index (χ2v) is 3.59. The number of carbonyl (C=O) groups is 1. The predicted octanol–water partition coefficient (Wildman–Crippen LogP) is 0.812. The molecule has 4 nitrogen and oxygen atoms in total. The van der Waals surface area contributed by atoms with E-state index in [1.54, 1.807) is 4.90 Å². The topological polar surface area (TPSA) is 55.6 Å². The largest absolute Gasteiger partial charge is 0.453 e. The normalized spacial score (nSPS) is 24.5. The van der Waals surface area contributed by atoms with Crippen LogP contribution in [-0.2, 0) is 4.74 Å². The molecule has 4 heteroatoms. The molecule has 0 aromatic rings. The fraction of sp³-hybridized carbons (Fsp3) is 0.889. The fourth-order valence-corrected chi connectivity index (χ4v) is 1.89. The molecule has 13 heavy (non-hydrogen) atoms. The number of nitrogens with zero attached hydrogens (tertiary/aromatic N) is 1. The zero-order chi connectivity index (χ0) is 9.84. The quantitative estimate of drug-likeness (QED) is 0.694. The van der Waals surface area contributed by atoms with Gasteiger partial charge in [-0.1, -0.05) is 6.92 Å². The van der Waals surface area contributed by atoms with Crippen LogP contribution in [0.4, 0.5) is 4.79 Å². The number of amides is 1. The molecule has 1 rings (SSSR count). The summed E-state index contributed by atoms with van der Waals surface area (Å²) in [6, 6.07) is 0.275. The Hall–Kier alpha value is -0.770. The van der Waals surface area contributed by atoms with Gasteiger partial charge >= 0.3 is 6.09 Å². The van der Waals surface area contributed by atoms with E-state index in [1.165, 1.54) is 7.11 Å². The van der Waals surface area contributed by atoms with Crippen LogP contribution in [0.5, 0.6) is 0 Å². The van der Waals surface area contributed by atoms with Crippen molar-refractivity contribution in [3.63, 3.8) is 0 Å². The molecule has 0 aliphatic carbocycles. The molecule has 0 aromatic heterocycles. The van der Waals surface area contributed by atoms with E-state index in [4.69, 9.17) is 10.5 Å². The Morgan fingerprint density at radius 2 is 2.46 bits per heavy atom. The van der Waals surface area contributed by atoms with Crippen molar-refractivity contribution < 1.29 is 9.53 Å². The maximum absolute atomic E-state index is 11.3. The van der Waals surface area contributed by atoms with Crippen molar-refractivity contribution in [2.45, 2.75) is 25.8 Å². The van der Waals surface area contributed by atoms with Crippen molar-refractivity contribution in [1.82, 2.24) is 4.90 Å². The van der Waals surface area contributed by atoms with Gasteiger partial charge in [-0.3, -0.25) is 0 Å². The number of rotatable bonds is 2. The van der Waals surface area contributed by atoms with Crippen LogP contribution in [-0.4, -0.2) is 37.2 Å². The Morgan fingerprint density at radius 3 is 3.00 bits per heavy atom. The smallest absolute Gasteiger partial charge is 0.409 e. The maximum atomic E-state index is 11.3. The minimum Gasteiger partial charge on any atom is -0.453 e. The van der Waals surface area contributed by atoms with Crippen LogP contribution in [0.15, 0.2) is 0 Å². The molecule has 76 valence electrons. The van der Waals surface area contributed by atoms with Gasteiger partial charge in [-0.15, -0.1) is 0 Å². The molecule has 1 aliphatic heterocycles. The van der Waals surface area contributed by atoms with Gasteiger partial charge < -0.3 is 15.4 Å². The van der Waals surface area contributed by atoms with Gasteiger partial charge in [0.25, 0.3) is 0 Å². The van der Waals surface area contributed by atoms with Crippen LogP contribution in [0.3, 0.4) is 0 Å². The summed E-state index contributed by atoms with van der Waals surface area (Å²) in [7, 11) is 1.42. The first-order valence-corrected chi connectivity index (χ1v) is 4.75. The average molecular weight is 186 g/mol. The maximum Gasteiger partial charge on any atom is 0.409 e. The van der Waals surface area contributed by atoms with Gasteiger partial charge in [-0.2, -0.15) is 0 Å². The minimum absolute atomic E-state index is 0.220. The Balaban J connectivity index is 2.58. The van der Waals surface area contributed by atoms with E-state index >= 15 is 0 Å². The minimum atomic E-state index is -0.220. The lowest BCUT2D eigenvalue weighted by atomic mass is 10.0. The molecule has 1 aliphatic rings. The standard InChI is InChI=1S/C9H18N2O2/c1-7(6-10)8-4-3-5-11(8)9(12)13-2/h7-8H,3-6,10H2,1-2H3. The van der Waals surface area contributed by atoms with E-state index in [1.807, 2.05) is 0 Å². The summed E-state index contributed by atoms with van der Waals surface area (Å²) in [5.74, 6) is 0.363. The summed E-state index contributed by atoms with van der Waals surface area (Å²) in [4.78, 5) is 13.1. The molecule has 0 aromatic carbocycles. The fourth-order valence-electron chi connectivity index (χ4n) is 1.89. The highest BCUT2D eigenvalue weighted by atomic mass is 16.5. The molecule has 2 unspecified atom stereocenters. The van der Waals surface area contributed by atoms with Crippen LogP contribution >= 0.6 is 0 Å². The molecule has 0 saturated carbocycles. The molecular weight excluding hydrogens is 168 g/mol. The first kappa shape index (κ1) is 10.3. The van der Waals surface area contributed by atoms with Crippen molar-refractivity contribution in [3.05, 3.63) is 0 Å². The lowest BCUT2D eigenvalue weighted by molar-refractivity contribution is 0.109. The summed E-state index contributed by atoms with van der Waals surface area (Å²) < 4.78 is 4.71. The molecule has 0 radical (unpaired) electrons. The first-order chi connectivity index (χ1) is 6.20. The van der Waals surface area contributed by atoms with Crippen molar-refractivity contribution in [3.8, 4) is 0 Å². The first-order valence-electron chi connectivity index (χ1n) is 4.75. The third-order valence-corrected chi connectivity index (χ3v) is 2.74. The van der Waals surface area contributed by atoms with Gasteiger partial charge in [0, 0.05) is 12.6 Å². The summed E-state index contributed by atoms with van der Waals surface area (Å²) in [5.41, 5.74) is 5.58. The lowest BCUT2D eigenvalue weighted by Crippen LogP contribution is -2.41. The van der Waals surface area contributed by atoms with E-state index in [-0.39, 0.29) is 12.1 Å². The van der Waals surface area contributed by atoms with Gasteiger partial charge in [0.05, 0.1) is 7.11 Å². The highest BCUT2D eigenvalue weighted by molar-refractivity contribution is 5.68. The Kier molecular flexibility index (Phi) is 3.54. The van der Waals surface area contributed by atoms with Crippen LogP contribution in [0.2, 0.25) is 0 Å². The highest BCUT2D eigenvalue weighted by Gasteiger charge is 2.32. The van der Waals surface area contributed by atoms with Crippen molar-refractivity contribution in [2.24, 2.45) is 11.7 Å². The second kappa shape index (κ2) is 4.46. The Bertz CT molecular complexity index is 184. The third kappa shape index (κ3) is 2.12. The summed E-state index contributed by atoms with van der Waals surface area (Å²) >= 11 is 0. The van der Waals surface area contributed by atoms with E-state index in [0.717, 1.165) is 19.4 Å². The summed E-state index contributed by atoms with van der Waals surface area (Å²) in [6.07, 6.45) is 1.89. The average Bonchev–Trinajstić information content (AvgIpc) is 2.63. The molecule has 1 amide bonds. The van der Waals surface area contributed by atoms with Gasteiger partial charge in [-0.05, 0) is 25.3 Å². The summed E-state index contributed by atoms with van der Waals surface area (Å²) in [5, 5.41) is 0. The van der Waals surface area contributed by atoms with Crippen LogP contribution in [0.1, 0.15) is 19.8 Å². The van der Waals surface area contributed by atoms with Crippen molar-refractivity contribution in [1.29, 1.82) is 0 Å². The number of nitrogens with two attached hydrogens (primary N) is 1. The molecule has 1 saturated heterocycles. The number of hydrogen-bond donors (Lipinski definition) is 1. The van der Waals surface area contributed by atoms with E-state index in [2.05, 4.69) is 6.92 Å². The molecule has 1 heterocycles. The van der Waals surface area contributed by atoms with Crippen LogP contribution < -0.4 is 5.73 Å². The number of likely N-dealkylation sites (tertiary alicyclic amines) is 1. The number of methoxy groups -OCH3 is 1. The number of ether oxygens (including phenoxy) is 1. The SMILES string of the molecule is COC(=O)N1CCCC1C(C)CN. The molecule has 2 atom stereocenters. The van der Waals surface area contributed by atoms with Gasteiger partial charge in [-0.25, -0.2) is 4.79 Å². The monoisotopic (exact) mass is 186 g/mol. The van der Waals surface area contributed by atoms with Crippen LogP contribution in [0, 0.1) is 5.92 Å². The van der Waals surface area contributed by atoms with Gasteiger partial charge in [0.1, 0.15) is 0 Å². The van der Waals surface area contributed by atoms with E-state index < -0.39 is 0 Å². The number of hydrogen-bond acceptors (Lipinski definition) is 3. The lowest BCUT2D eigenvalue weighted by Gasteiger charge is -2.27. The molecule has 0 spiro atoms.